The van der Waals surface area contributed by atoms with Crippen LogP contribution in [0.2, 0.25) is 0 Å². The molecule has 4 atom stereocenters. The molecule has 12 heteroatoms. The average Bonchev–Trinajstić information content (AvgIpc) is 2.12. The zero-order valence-corrected chi connectivity index (χ0v) is 11.3. The number of hydrogen-bond donors (Lipinski definition) is 6. The number of carboxylic acids is 2. The molecular formula is C6H16O11Sb. The minimum absolute atomic E-state index is 0. The number of aliphatic hydroxyl groups is 4. The number of rotatable bonds is 5. The van der Waals surface area contributed by atoms with Gasteiger partial charge in [0.2, 0.25) is 0 Å². The number of hydrogen-bond acceptors (Lipinski definition) is 6. The Balaban J connectivity index is -0.000000141. The summed E-state index contributed by atoms with van der Waals surface area (Å²) in [4.78, 5) is 20.2. The van der Waals surface area contributed by atoms with Gasteiger partial charge in [-0.2, -0.15) is 0 Å². The molecule has 18 heavy (non-hydrogen) atoms. The Labute approximate surface area is 118 Å². The first-order valence-corrected chi connectivity index (χ1v) is 3.47. The monoisotopic (exact) mass is 385 g/mol. The van der Waals surface area contributed by atoms with Crippen LogP contribution in [-0.2, 0) is 9.59 Å². The molecule has 3 radical (unpaired) electrons. The van der Waals surface area contributed by atoms with Crippen molar-refractivity contribution in [2.45, 2.75) is 24.4 Å². The summed E-state index contributed by atoms with van der Waals surface area (Å²) in [6.45, 7) is 0. The molecule has 11 nitrogen and oxygen atoms in total. The van der Waals surface area contributed by atoms with Crippen LogP contribution >= 0.6 is 0 Å². The maximum absolute atomic E-state index is 10.1. The molecule has 0 amide bonds. The van der Waals surface area contributed by atoms with E-state index < -0.39 is 36.4 Å². The molecule has 0 saturated heterocycles. The molecule has 0 heterocycles. The van der Waals surface area contributed by atoms with Crippen molar-refractivity contribution in [3.05, 3.63) is 0 Å². The third kappa shape index (κ3) is 8.55. The molecule has 0 aliphatic rings. The van der Waals surface area contributed by atoms with Crippen LogP contribution in [0.4, 0.5) is 0 Å². The number of carbonyl (C=O) groups is 2. The second-order valence-electron chi connectivity index (χ2n) is 2.55. The summed E-state index contributed by atoms with van der Waals surface area (Å²) in [5.41, 5.74) is 0. The van der Waals surface area contributed by atoms with Gasteiger partial charge < -0.3 is 47.1 Å². The second kappa shape index (κ2) is 12.9. The van der Waals surface area contributed by atoms with Crippen LogP contribution in [0.5, 0.6) is 0 Å². The SMILES string of the molecule is O.O.O.O=C(O)C(O)C(O)C(O)C(O)C(=O)O.[Sb]. The summed E-state index contributed by atoms with van der Waals surface area (Å²) in [5.74, 6) is -3.68. The van der Waals surface area contributed by atoms with Crippen molar-refractivity contribution in [2.24, 2.45) is 0 Å². The van der Waals surface area contributed by atoms with Crippen LogP contribution in [-0.4, -0.2) is 108 Å². The van der Waals surface area contributed by atoms with E-state index in [4.69, 9.17) is 30.6 Å². The molecule has 0 bridgehead atoms. The predicted octanol–water partition coefficient (Wildman–Crippen LogP) is -6.26. The normalized spacial score (nSPS) is 15.1. The Kier molecular flexibility index (Phi) is 21.9. The molecule has 0 saturated carbocycles. The van der Waals surface area contributed by atoms with Gasteiger partial charge in [-0.05, 0) is 0 Å². The van der Waals surface area contributed by atoms with E-state index in [1.54, 1.807) is 0 Å². The summed E-state index contributed by atoms with van der Waals surface area (Å²) in [6.07, 6.45) is -9.28. The number of aliphatic carboxylic acids is 2. The van der Waals surface area contributed by atoms with Gasteiger partial charge in [0.1, 0.15) is 12.2 Å². The number of carboxylic acid groups (broad SMARTS) is 2. The first-order chi connectivity index (χ1) is 6.29. The van der Waals surface area contributed by atoms with E-state index in [0.717, 1.165) is 0 Å². The van der Waals surface area contributed by atoms with E-state index in [1.807, 2.05) is 0 Å². The maximum atomic E-state index is 10.1. The van der Waals surface area contributed by atoms with Crippen molar-refractivity contribution >= 4 is 36.4 Å². The van der Waals surface area contributed by atoms with E-state index >= 15 is 0 Å². The second-order valence-corrected chi connectivity index (χ2v) is 2.55. The fraction of sp³-hybridized carbons (Fsp3) is 0.667. The van der Waals surface area contributed by atoms with Crippen LogP contribution in [0.3, 0.4) is 0 Å². The largest absolute Gasteiger partial charge is 0.479 e. The maximum Gasteiger partial charge on any atom is 0.335 e. The summed E-state index contributed by atoms with van der Waals surface area (Å²) in [5, 5.41) is 51.5. The van der Waals surface area contributed by atoms with E-state index in [0.29, 0.717) is 0 Å². The van der Waals surface area contributed by atoms with Crippen molar-refractivity contribution in [3.63, 3.8) is 0 Å². The number of aliphatic hydroxyl groups excluding tert-OH is 4. The Morgan fingerprint density at radius 2 is 0.833 bits per heavy atom. The molecule has 0 aromatic carbocycles. The molecule has 111 valence electrons. The average molecular weight is 386 g/mol. The summed E-state index contributed by atoms with van der Waals surface area (Å²) in [6, 6.07) is 0. The Morgan fingerprint density at radius 1 is 0.667 bits per heavy atom. The van der Waals surface area contributed by atoms with Gasteiger partial charge in [0.25, 0.3) is 0 Å². The van der Waals surface area contributed by atoms with Crippen molar-refractivity contribution in [1.82, 2.24) is 0 Å². The first kappa shape index (κ1) is 30.5. The van der Waals surface area contributed by atoms with Crippen LogP contribution in [0.25, 0.3) is 0 Å². The Morgan fingerprint density at radius 3 is 0.944 bits per heavy atom. The van der Waals surface area contributed by atoms with Crippen LogP contribution < -0.4 is 0 Å². The molecule has 0 aromatic heterocycles. The van der Waals surface area contributed by atoms with Gasteiger partial charge in [0, 0.05) is 24.4 Å². The van der Waals surface area contributed by atoms with E-state index in [1.165, 1.54) is 0 Å². The van der Waals surface area contributed by atoms with Crippen molar-refractivity contribution < 1.29 is 56.7 Å². The third-order valence-corrected chi connectivity index (χ3v) is 1.50. The quantitative estimate of drug-likeness (QED) is 0.247. The zero-order valence-electron chi connectivity index (χ0n) is 8.76. The predicted molar refractivity (Wildman–Crippen MR) is 55.9 cm³/mol. The molecule has 0 aliphatic heterocycles. The molecule has 0 aliphatic carbocycles. The van der Waals surface area contributed by atoms with E-state index in [9.17, 15) is 9.59 Å². The van der Waals surface area contributed by atoms with Crippen LogP contribution in [0, 0.1) is 0 Å². The molecule has 0 rings (SSSR count). The van der Waals surface area contributed by atoms with Gasteiger partial charge >= 0.3 is 11.9 Å². The topological polar surface area (TPSA) is 250 Å². The summed E-state index contributed by atoms with van der Waals surface area (Å²) >= 11 is 0. The zero-order chi connectivity index (χ0) is 11.5. The minimum atomic E-state index is -2.36. The first-order valence-electron chi connectivity index (χ1n) is 3.47. The van der Waals surface area contributed by atoms with E-state index in [-0.39, 0.29) is 40.9 Å². The fourth-order valence-electron chi connectivity index (χ4n) is 0.666. The van der Waals surface area contributed by atoms with Gasteiger partial charge in [-0.1, -0.05) is 0 Å². The van der Waals surface area contributed by atoms with Gasteiger partial charge in [-0.15, -0.1) is 0 Å². The van der Waals surface area contributed by atoms with Crippen molar-refractivity contribution in [3.8, 4) is 0 Å². The van der Waals surface area contributed by atoms with Gasteiger partial charge in [-0.3, -0.25) is 0 Å². The van der Waals surface area contributed by atoms with Crippen molar-refractivity contribution in [2.75, 3.05) is 0 Å². The minimum Gasteiger partial charge on any atom is -0.479 e. The standard InChI is InChI=1S/C6H10O8.3H2O.Sb/c7-1(3(9)5(11)12)2(8)4(10)6(13)14;;;;/h1-4,7-10H,(H,11,12)(H,13,14);3*1H2;. The molecule has 0 aromatic rings. The third-order valence-electron chi connectivity index (χ3n) is 1.50. The van der Waals surface area contributed by atoms with Gasteiger partial charge in [-0.25, -0.2) is 9.59 Å². The van der Waals surface area contributed by atoms with Crippen LogP contribution in [0.1, 0.15) is 0 Å². The van der Waals surface area contributed by atoms with Crippen molar-refractivity contribution in [1.29, 1.82) is 0 Å². The van der Waals surface area contributed by atoms with Crippen LogP contribution in [0.15, 0.2) is 0 Å². The molecule has 0 fully saturated rings. The van der Waals surface area contributed by atoms with Gasteiger partial charge in [0.05, 0.1) is 0 Å². The van der Waals surface area contributed by atoms with E-state index in [2.05, 4.69) is 0 Å². The molecule has 4 unspecified atom stereocenters. The Hall–Kier alpha value is -0.522. The fourth-order valence-corrected chi connectivity index (χ4v) is 0.666. The molecule has 0 spiro atoms. The Bertz CT molecular complexity index is 210. The molecule has 12 N–H and O–H groups in total. The smallest absolute Gasteiger partial charge is 0.335 e. The summed E-state index contributed by atoms with van der Waals surface area (Å²) in [7, 11) is 0. The van der Waals surface area contributed by atoms with Gasteiger partial charge in [0.15, 0.2) is 12.2 Å². The molecular weight excluding hydrogens is 370 g/mol. The summed E-state index contributed by atoms with van der Waals surface area (Å²) < 4.78 is 0.